The van der Waals surface area contributed by atoms with E-state index in [0.29, 0.717) is 5.95 Å². The van der Waals surface area contributed by atoms with Crippen LogP contribution in [0.25, 0.3) is 86.7 Å². The standard InChI is InChI=1S/C40H24N4S/c1-3-11-25(12-4-1)38-29-15-7-9-17-32(29)41-40(42-38)44-34-23-26-21-22-43(27-13-5-2-6-14-27)33(26)24-31(34)28-19-20-36-37(39(28)44)30-16-8-10-18-35(30)45-36/h1-24H. The highest BCUT2D eigenvalue weighted by molar-refractivity contribution is 7.26. The lowest BCUT2D eigenvalue weighted by molar-refractivity contribution is 1.02. The average molecular weight is 593 g/mol. The zero-order chi connectivity index (χ0) is 29.5. The molecule has 45 heavy (non-hydrogen) atoms. The van der Waals surface area contributed by atoms with Crippen molar-refractivity contribution in [1.82, 2.24) is 19.1 Å². The van der Waals surface area contributed by atoms with Crippen molar-refractivity contribution in [2.24, 2.45) is 0 Å². The first-order valence-electron chi connectivity index (χ1n) is 15.1. The van der Waals surface area contributed by atoms with Crippen molar-refractivity contribution in [2.75, 3.05) is 0 Å². The van der Waals surface area contributed by atoms with Gasteiger partial charge in [-0.2, -0.15) is 0 Å². The first-order chi connectivity index (χ1) is 22.3. The number of rotatable bonds is 3. The third kappa shape index (κ3) is 3.59. The maximum atomic E-state index is 5.37. The highest BCUT2D eigenvalue weighted by Crippen LogP contribution is 2.44. The number of aromatic nitrogens is 4. The normalized spacial score (nSPS) is 12.0. The highest BCUT2D eigenvalue weighted by Gasteiger charge is 2.22. The molecular formula is C40H24N4S. The van der Waals surface area contributed by atoms with Gasteiger partial charge in [0.2, 0.25) is 5.95 Å². The fraction of sp³-hybridized carbons (Fsp3) is 0. The Morgan fingerprint density at radius 2 is 1.29 bits per heavy atom. The SMILES string of the molecule is c1ccc(-c2nc(-n3c4cc5ccn(-c6ccccc6)c5cc4c4ccc5sc6ccccc6c5c43)nc3ccccc23)cc1. The molecule has 210 valence electrons. The van der Waals surface area contributed by atoms with Gasteiger partial charge < -0.3 is 4.57 Å². The molecule has 4 nitrogen and oxygen atoms in total. The minimum atomic E-state index is 0.678. The van der Waals surface area contributed by atoms with E-state index >= 15 is 0 Å². The molecule has 5 heteroatoms. The molecule has 0 amide bonds. The van der Waals surface area contributed by atoms with E-state index in [-0.39, 0.29) is 0 Å². The molecule has 0 aliphatic heterocycles. The third-order valence-electron chi connectivity index (χ3n) is 8.95. The number of nitrogens with zero attached hydrogens (tertiary/aromatic N) is 4. The largest absolute Gasteiger partial charge is 0.317 e. The van der Waals surface area contributed by atoms with Crippen LogP contribution in [0.3, 0.4) is 0 Å². The third-order valence-corrected chi connectivity index (χ3v) is 10.1. The summed E-state index contributed by atoms with van der Waals surface area (Å²) in [7, 11) is 0. The Balaban J connectivity index is 1.39. The first kappa shape index (κ1) is 24.6. The van der Waals surface area contributed by atoms with E-state index in [4.69, 9.17) is 9.97 Å². The van der Waals surface area contributed by atoms with Crippen LogP contribution in [0, 0.1) is 0 Å². The molecule has 4 heterocycles. The van der Waals surface area contributed by atoms with Crippen molar-refractivity contribution in [2.45, 2.75) is 0 Å². The highest BCUT2D eigenvalue weighted by atomic mass is 32.1. The molecule has 0 saturated carbocycles. The van der Waals surface area contributed by atoms with Gasteiger partial charge in [0, 0.05) is 59.2 Å². The van der Waals surface area contributed by atoms with Crippen molar-refractivity contribution in [3.05, 3.63) is 146 Å². The van der Waals surface area contributed by atoms with Crippen molar-refractivity contribution >= 4 is 75.1 Å². The van der Waals surface area contributed by atoms with Crippen molar-refractivity contribution < 1.29 is 0 Å². The second-order valence-corrected chi connectivity index (χ2v) is 12.6. The van der Waals surface area contributed by atoms with Crippen molar-refractivity contribution in [1.29, 1.82) is 0 Å². The maximum Gasteiger partial charge on any atom is 0.235 e. The van der Waals surface area contributed by atoms with E-state index in [1.54, 1.807) is 0 Å². The van der Waals surface area contributed by atoms with E-state index in [1.165, 1.54) is 41.8 Å². The number of hydrogen-bond acceptors (Lipinski definition) is 3. The fourth-order valence-electron chi connectivity index (χ4n) is 6.94. The number of thiophene rings is 1. The van der Waals surface area contributed by atoms with Gasteiger partial charge in [-0.15, -0.1) is 11.3 Å². The zero-order valence-corrected chi connectivity index (χ0v) is 24.9. The van der Waals surface area contributed by atoms with Gasteiger partial charge in [0.05, 0.1) is 27.8 Å². The zero-order valence-electron chi connectivity index (χ0n) is 24.1. The maximum absolute atomic E-state index is 5.37. The van der Waals surface area contributed by atoms with Gasteiger partial charge in [-0.25, -0.2) is 9.97 Å². The van der Waals surface area contributed by atoms with Gasteiger partial charge in [0.25, 0.3) is 0 Å². The summed E-state index contributed by atoms with van der Waals surface area (Å²) in [6.45, 7) is 0. The summed E-state index contributed by atoms with van der Waals surface area (Å²) < 4.78 is 7.12. The predicted molar refractivity (Wildman–Crippen MR) is 189 cm³/mol. The predicted octanol–water partition coefficient (Wildman–Crippen LogP) is 10.7. The summed E-state index contributed by atoms with van der Waals surface area (Å²) in [5.74, 6) is 0.678. The summed E-state index contributed by atoms with van der Waals surface area (Å²) >= 11 is 1.84. The lowest BCUT2D eigenvalue weighted by atomic mass is 10.1. The topological polar surface area (TPSA) is 35.6 Å². The first-order valence-corrected chi connectivity index (χ1v) is 15.9. The number of fused-ring (bicyclic) bond motifs is 9. The molecule has 0 N–H and O–H groups in total. The van der Waals surface area contributed by atoms with E-state index in [2.05, 4.69) is 149 Å². The van der Waals surface area contributed by atoms with Gasteiger partial charge in [0.15, 0.2) is 0 Å². The van der Waals surface area contributed by atoms with Crippen LogP contribution in [-0.2, 0) is 0 Å². The Morgan fingerprint density at radius 3 is 2.16 bits per heavy atom. The summed E-state index contributed by atoms with van der Waals surface area (Å²) in [6, 6.07) is 49.5. The lowest BCUT2D eigenvalue weighted by Crippen LogP contribution is -2.03. The Kier molecular flexibility index (Phi) is 5.12. The lowest BCUT2D eigenvalue weighted by Gasteiger charge is -2.12. The number of benzene rings is 6. The van der Waals surface area contributed by atoms with Crippen LogP contribution in [-0.4, -0.2) is 19.1 Å². The molecule has 4 aromatic heterocycles. The van der Waals surface area contributed by atoms with Crippen molar-refractivity contribution in [3.8, 4) is 22.9 Å². The van der Waals surface area contributed by atoms with Gasteiger partial charge in [0.1, 0.15) is 0 Å². The Bertz CT molecular complexity index is 2750. The monoisotopic (exact) mass is 592 g/mol. The number of para-hydroxylation sites is 2. The molecular weight excluding hydrogens is 569 g/mol. The molecule has 0 bridgehead atoms. The van der Waals surface area contributed by atoms with Crippen LogP contribution < -0.4 is 0 Å². The quantitative estimate of drug-likeness (QED) is 0.205. The molecule has 0 unspecified atom stereocenters. The summed E-state index contributed by atoms with van der Waals surface area (Å²) in [4.78, 5) is 10.6. The second kappa shape index (κ2) is 9.36. The van der Waals surface area contributed by atoms with Gasteiger partial charge in [-0.05, 0) is 48.5 Å². The summed E-state index contributed by atoms with van der Waals surface area (Å²) in [5.41, 5.74) is 7.50. The van der Waals surface area contributed by atoms with E-state index in [0.717, 1.165) is 38.9 Å². The molecule has 6 aromatic carbocycles. The van der Waals surface area contributed by atoms with E-state index in [9.17, 15) is 0 Å². The molecule has 0 saturated heterocycles. The molecule has 0 spiro atoms. The Labute approximate surface area is 262 Å². The Hall–Kier alpha value is -5.78. The molecule has 0 atom stereocenters. The van der Waals surface area contributed by atoms with Crippen LogP contribution in [0.5, 0.6) is 0 Å². The van der Waals surface area contributed by atoms with Gasteiger partial charge in [-0.3, -0.25) is 4.57 Å². The average Bonchev–Trinajstić information content (AvgIpc) is 3.79. The number of hydrogen-bond donors (Lipinski definition) is 0. The van der Waals surface area contributed by atoms with E-state index in [1.807, 2.05) is 17.4 Å². The molecule has 0 aliphatic carbocycles. The smallest absolute Gasteiger partial charge is 0.235 e. The molecule has 10 aromatic rings. The minimum absolute atomic E-state index is 0.678. The van der Waals surface area contributed by atoms with Crippen LogP contribution in [0.4, 0.5) is 0 Å². The molecule has 0 aliphatic rings. The van der Waals surface area contributed by atoms with Crippen molar-refractivity contribution in [3.63, 3.8) is 0 Å². The molecule has 0 fully saturated rings. The van der Waals surface area contributed by atoms with Gasteiger partial charge >= 0.3 is 0 Å². The van der Waals surface area contributed by atoms with Crippen LogP contribution in [0.2, 0.25) is 0 Å². The summed E-state index contributed by atoms with van der Waals surface area (Å²) in [5, 5.41) is 7.10. The fourth-order valence-corrected chi connectivity index (χ4v) is 8.05. The molecule has 10 rings (SSSR count). The second-order valence-electron chi connectivity index (χ2n) is 11.5. The Morgan fingerprint density at radius 1 is 0.533 bits per heavy atom. The molecule has 0 radical (unpaired) electrons. The van der Waals surface area contributed by atoms with Crippen LogP contribution >= 0.6 is 11.3 Å². The van der Waals surface area contributed by atoms with Crippen LogP contribution in [0.15, 0.2) is 146 Å². The minimum Gasteiger partial charge on any atom is -0.317 e. The summed E-state index contributed by atoms with van der Waals surface area (Å²) in [6.07, 6.45) is 2.16. The van der Waals surface area contributed by atoms with Gasteiger partial charge in [-0.1, -0.05) is 91.0 Å². The van der Waals surface area contributed by atoms with Crippen LogP contribution in [0.1, 0.15) is 0 Å². The van der Waals surface area contributed by atoms with E-state index < -0.39 is 0 Å².